The molecular formula is C17H19N3O2. The predicted octanol–water partition coefficient (Wildman–Crippen LogP) is 2.41. The average molecular weight is 297 g/mol. The smallest absolute Gasteiger partial charge is 0.254 e. The fourth-order valence-corrected chi connectivity index (χ4v) is 3.90. The zero-order chi connectivity index (χ0) is 15.1. The van der Waals surface area contributed by atoms with E-state index in [9.17, 15) is 4.79 Å². The van der Waals surface area contributed by atoms with Crippen molar-refractivity contribution in [2.75, 3.05) is 7.11 Å². The minimum atomic E-state index is 0.120. The molecule has 0 aliphatic carbocycles. The molecule has 1 aromatic carbocycles. The number of amides is 1. The summed E-state index contributed by atoms with van der Waals surface area (Å²) in [5.74, 6) is 0.120. The molecule has 2 aliphatic rings. The Bertz CT molecular complexity index is 704. The topological polar surface area (TPSA) is 55.3 Å². The number of hydrogen-bond acceptors (Lipinski definition) is 4. The fraction of sp³-hybridized carbons (Fsp3) is 0.471. The van der Waals surface area contributed by atoms with Crippen LogP contribution >= 0.6 is 0 Å². The maximum atomic E-state index is 12.9. The van der Waals surface area contributed by atoms with E-state index in [0.717, 1.165) is 36.7 Å². The minimum Gasteiger partial charge on any atom is -0.381 e. The Hall–Kier alpha value is -2.01. The van der Waals surface area contributed by atoms with Gasteiger partial charge in [0.1, 0.15) is 0 Å². The van der Waals surface area contributed by atoms with Gasteiger partial charge in [0, 0.05) is 37.2 Å². The Morgan fingerprint density at radius 2 is 1.82 bits per heavy atom. The second-order valence-electron chi connectivity index (χ2n) is 6.19. The number of methoxy groups -OCH3 is 1. The molecule has 2 bridgehead atoms. The number of rotatable bonds is 2. The molecule has 3 heterocycles. The number of carbonyl (C=O) groups excluding carboxylic acids is 1. The molecule has 22 heavy (non-hydrogen) atoms. The lowest BCUT2D eigenvalue weighted by molar-refractivity contribution is 0.00823. The van der Waals surface area contributed by atoms with Crippen LogP contribution in [-0.2, 0) is 4.74 Å². The van der Waals surface area contributed by atoms with E-state index in [1.807, 2.05) is 18.2 Å². The summed E-state index contributed by atoms with van der Waals surface area (Å²) >= 11 is 0. The number of benzene rings is 1. The number of piperidine rings is 1. The zero-order valence-electron chi connectivity index (χ0n) is 12.6. The molecule has 3 atom stereocenters. The third-order valence-corrected chi connectivity index (χ3v) is 4.97. The van der Waals surface area contributed by atoms with Crippen LogP contribution in [0, 0.1) is 0 Å². The Morgan fingerprint density at radius 3 is 2.50 bits per heavy atom. The summed E-state index contributed by atoms with van der Waals surface area (Å²) < 4.78 is 5.51. The van der Waals surface area contributed by atoms with Crippen molar-refractivity contribution >= 4 is 16.9 Å². The van der Waals surface area contributed by atoms with Crippen molar-refractivity contribution in [3.05, 3.63) is 36.2 Å². The Morgan fingerprint density at radius 1 is 1.14 bits per heavy atom. The number of aromatic nitrogens is 2. The highest BCUT2D eigenvalue weighted by molar-refractivity contribution is 5.97. The lowest BCUT2D eigenvalue weighted by Crippen LogP contribution is -2.48. The van der Waals surface area contributed by atoms with Gasteiger partial charge in [0.05, 0.1) is 17.1 Å². The molecule has 0 spiro atoms. The van der Waals surface area contributed by atoms with Gasteiger partial charge in [-0.1, -0.05) is 0 Å². The number of hydrogen-bond donors (Lipinski definition) is 0. The van der Waals surface area contributed by atoms with Crippen LogP contribution in [0.4, 0.5) is 0 Å². The van der Waals surface area contributed by atoms with E-state index in [1.54, 1.807) is 19.5 Å². The third kappa shape index (κ3) is 2.16. The Labute approximate surface area is 129 Å². The molecule has 0 N–H and O–H groups in total. The summed E-state index contributed by atoms with van der Waals surface area (Å²) in [5.41, 5.74) is 2.30. The van der Waals surface area contributed by atoms with E-state index in [2.05, 4.69) is 14.9 Å². The summed E-state index contributed by atoms with van der Waals surface area (Å²) in [6.45, 7) is 0. The predicted molar refractivity (Wildman–Crippen MR) is 82.5 cm³/mol. The summed E-state index contributed by atoms with van der Waals surface area (Å²) in [7, 11) is 1.77. The largest absolute Gasteiger partial charge is 0.381 e. The van der Waals surface area contributed by atoms with Crippen molar-refractivity contribution in [2.45, 2.75) is 43.9 Å². The van der Waals surface area contributed by atoms with Crippen molar-refractivity contribution in [3.8, 4) is 0 Å². The SMILES string of the molecule is COC1C[C@H]2CC[C@@H](C1)N2C(=O)c1ccc2nccnc2c1. The standard InChI is InChI=1S/C17H19N3O2/c1-22-14-9-12-3-4-13(10-14)20(12)17(21)11-2-5-15-16(8-11)19-7-6-18-15/h2,5-8,12-14H,3-4,9-10H2,1H3/t12-,13+,14?. The van der Waals surface area contributed by atoms with Crippen molar-refractivity contribution in [1.82, 2.24) is 14.9 Å². The van der Waals surface area contributed by atoms with Crippen LogP contribution in [-0.4, -0.2) is 46.1 Å². The second-order valence-corrected chi connectivity index (χ2v) is 6.19. The van der Waals surface area contributed by atoms with Crippen LogP contribution in [0.5, 0.6) is 0 Å². The van der Waals surface area contributed by atoms with E-state index < -0.39 is 0 Å². The second kappa shape index (κ2) is 5.32. The zero-order valence-corrected chi connectivity index (χ0v) is 12.6. The summed E-state index contributed by atoms with van der Waals surface area (Å²) in [6, 6.07) is 6.22. The van der Waals surface area contributed by atoms with Crippen molar-refractivity contribution < 1.29 is 9.53 Å². The van der Waals surface area contributed by atoms with Crippen molar-refractivity contribution in [1.29, 1.82) is 0 Å². The molecule has 4 rings (SSSR count). The highest BCUT2D eigenvalue weighted by Crippen LogP contribution is 2.37. The minimum absolute atomic E-state index is 0.120. The van der Waals surface area contributed by atoms with E-state index in [4.69, 9.17) is 4.74 Å². The van der Waals surface area contributed by atoms with E-state index in [0.29, 0.717) is 23.8 Å². The maximum Gasteiger partial charge on any atom is 0.254 e. The molecule has 1 amide bonds. The van der Waals surface area contributed by atoms with Crippen LogP contribution in [0.1, 0.15) is 36.0 Å². The first-order valence-corrected chi connectivity index (χ1v) is 7.82. The summed E-state index contributed by atoms with van der Waals surface area (Å²) in [4.78, 5) is 23.6. The molecule has 2 fully saturated rings. The van der Waals surface area contributed by atoms with Crippen LogP contribution in [0.15, 0.2) is 30.6 Å². The molecule has 1 unspecified atom stereocenters. The monoisotopic (exact) mass is 297 g/mol. The summed E-state index contributed by atoms with van der Waals surface area (Å²) in [5, 5.41) is 0. The van der Waals surface area contributed by atoms with Gasteiger partial charge in [-0.3, -0.25) is 14.8 Å². The lowest BCUT2D eigenvalue weighted by atomic mass is 9.98. The van der Waals surface area contributed by atoms with E-state index >= 15 is 0 Å². The first-order valence-electron chi connectivity index (χ1n) is 7.82. The van der Waals surface area contributed by atoms with Crippen molar-refractivity contribution in [2.24, 2.45) is 0 Å². The summed E-state index contributed by atoms with van der Waals surface area (Å²) in [6.07, 6.45) is 7.69. The Balaban J connectivity index is 1.63. The molecule has 0 radical (unpaired) electrons. The first kappa shape index (κ1) is 13.6. The van der Waals surface area contributed by atoms with Gasteiger partial charge in [0.15, 0.2) is 0 Å². The van der Waals surface area contributed by atoms with Gasteiger partial charge in [-0.05, 0) is 43.9 Å². The van der Waals surface area contributed by atoms with Crippen LogP contribution in [0.2, 0.25) is 0 Å². The normalized spacial score (nSPS) is 27.3. The van der Waals surface area contributed by atoms with Gasteiger partial charge in [-0.25, -0.2) is 0 Å². The Kier molecular flexibility index (Phi) is 3.30. The number of ether oxygens (including phenoxy) is 1. The van der Waals surface area contributed by atoms with Crippen LogP contribution < -0.4 is 0 Å². The van der Waals surface area contributed by atoms with Gasteiger partial charge in [-0.2, -0.15) is 0 Å². The lowest BCUT2D eigenvalue weighted by Gasteiger charge is -2.38. The first-order chi connectivity index (χ1) is 10.8. The third-order valence-electron chi connectivity index (χ3n) is 4.97. The molecule has 5 nitrogen and oxygen atoms in total. The highest BCUT2D eigenvalue weighted by atomic mass is 16.5. The highest BCUT2D eigenvalue weighted by Gasteiger charge is 2.43. The van der Waals surface area contributed by atoms with Crippen molar-refractivity contribution in [3.63, 3.8) is 0 Å². The number of fused-ring (bicyclic) bond motifs is 3. The molecule has 114 valence electrons. The quantitative estimate of drug-likeness (QED) is 0.854. The molecule has 0 saturated carbocycles. The van der Waals surface area contributed by atoms with Gasteiger partial charge < -0.3 is 9.64 Å². The molecule has 2 saturated heterocycles. The molecule has 1 aromatic heterocycles. The van der Waals surface area contributed by atoms with E-state index in [-0.39, 0.29) is 5.91 Å². The van der Waals surface area contributed by atoms with Crippen LogP contribution in [0.3, 0.4) is 0 Å². The van der Waals surface area contributed by atoms with Gasteiger partial charge >= 0.3 is 0 Å². The average Bonchev–Trinajstić information content (AvgIpc) is 2.83. The number of nitrogens with zero attached hydrogens (tertiary/aromatic N) is 3. The molecule has 5 heteroatoms. The van der Waals surface area contributed by atoms with Gasteiger partial charge in [-0.15, -0.1) is 0 Å². The fourth-order valence-electron chi connectivity index (χ4n) is 3.90. The molecular weight excluding hydrogens is 278 g/mol. The maximum absolute atomic E-state index is 12.9. The molecule has 2 aromatic rings. The number of carbonyl (C=O) groups is 1. The van der Waals surface area contributed by atoms with E-state index in [1.165, 1.54) is 0 Å². The van der Waals surface area contributed by atoms with Gasteiger partial charge in [0.2, 0.25) is 0 Å². The molecule has 2 aliphatic heterocycles. The van der Waals surface area contributed by atoms with Gasteiger partial charge in [0.25, 0.3) is 5.91 Å². The van der Waals surface area contributed by atoms with Crippen LogP contribution in [0.25, 0.3) is 11.0 Å².